The number of nitrogens with one attached hydrogen (secondary N) is 2. The second-order valence-electron chi connectivity index (χ2n) is 9.79. The Kier molecular flexibility index (Phi) is 9.39. The van der Waals surface area contributed by atoms with E-state index in [1.165, 1.54) is 29.2 Å². The van der Waals surface area contributed by atoms with Gasteiger partial charge in [0, 0.05) is 16.8 Å². The summed E-state index contributed by atoms with van der Waals surface area (Å²) in [6.45, 7) is 6.57. The molecule has 222 valence electrons. The second-order valence-corrected chi connectivity index (χ2v) is 9.79. The third-order valence-electron chi connectivity index (χ3n) is 6.41. The van der Waals surface area contributed by atoms with Gasteiger partial charge in [0.25, 0.3) is 0 Å². The molecular formula is C31H30F3N7O2. The first-order chi connectivity index (χ1) is 20.5. The minimum Gasteiger partial charge on any atom is -0.488 e. The van der Waals surface area contributed by atoms with Gasteiger partial charge in [-0.15, -0.1) is 0 Å². The number of aromatic nitrogens is 2. The Balaban J connectivity index is 1.78. The Hall–Kier alpha value is -5.26. The Morgan fingerprint density at radius 2 is 1.74 bits per heavy atom. The number of anilines is 3. The zero-order chi connectivity index (χ0) is 31.3. The second kappa shape index (κ2) is 13.1. The fourth-order valence-corrected chi connectivity index (χ4v) is 4.26. The third kappa shape index (κ3) is 6.64. The van der Waals surface area contributed by atoms with Gasteiger partial charge >= 0.3 is 0 Å². The maximum atomic E-state index is 15.2. The number of amidine groups is 1. The number of carbonyl (C=O) groups excluding carboxylic acids is 1. The normalized spacial score (nSPS) is 12.1. The van der Waals surface area contributed by atoms with Crippen LogP contribution in [0.2, 0.25) is 0 Å². The first-order valence-electron chi connectivity index (χ1n) is 13.3. The molecule has 0 bridgehead atoms. The van der Waals surface area contributed by atoms with Crippen LogP contribution in [0.25, 0.3) is 0 Å². The summed E-state index contributed by atoms with van der Waals surface area (Å²) >= 11 is 0. The molecule has 0 saturated heterocycles. The van der Waals surface area contributed by atoms with E-state index >= 15 is 4.39 Å². The minimum atomic E-state index is -1.30. The van der Waals surface area contributed by atoms with Crippen molar-refractivity contribution in [2.24, 2.45) is 4.99 Å². The molecule has 1 aromatic heterocycles. The molecule has 4 rings (SSSR count). The molecule has 1 unspecified atom stereocenters. The molecule has 43 heavy (non-hydrogen) atoms. The Morgan fingerprint density at radius 1 is 1.02 bits per heavy atom. The number of benzene rings is 3. The number of para-hydroxylation sites is 1. The zero-order valence-electron chi connectivity index (χ0n) is 23.9. The Labute approximate surface area is 246 Å². The van der Waals surface area contributed by atoms with Gasteiger partial charge in [0.15, 0.2) is 11.6 Å². The number of aliphatic imine (C=N–C) groups is 1. The van der Waals surface area contributed by atoms with Gasteiger partial charge in [-0.1, -0.05) is 24.3 Å². The largest absolute Gasteiger partial charge is 0.488 e. The number of halogens is 3. The van der Waals surface area contributed by atoms with Gasteiger partial charge < -0.3 is 15.8 Å². The van der Waals surface area contributed by atoms with Gasteiger partial charge in [-0.05, 0) is 64.1 Å². The van der Waals surface area contributed by atoms with Crippen LogP contribution in [0.15, 0.2) is 72.0 Å². The predicted octanol–water partition coefficient (Wildman–Crippen LogP) is 6.18. The maximum absolute atomic E-state index is 15.2. The van der Waals surface area contributed by atoms with Crippen LogP contribution < -0.4 is 20.7 Å². The van der Waals surface area contributed by atoms with Crippen LogP contribution in [0.5, 0.6) is 5.75 Å². The van der Waals surface area contributed by atoms with Crippen LogP contribution in [0, 0.1) is 29.8 Å². The SMILES string of the molecule is Cc1c(F)cccc1/N=C(/C(C)Nc1ncnc(N)c1C(=N)c1ccc(OC(C)C)c(F)c1F)N(C=O)c1ccccc1. The van der Waals surface area contributed by atoms with Crippen molar-refractivity contribution < 1.29 is 22.7 Å². The van der Waals surface area contributed by atoms with Gasteiger partial charge in [-0.25, -0.2) is 23.7 Å². The molecule has 12 heteroatoms. The lowest BCUT2D eigenvalue weighted by Gasteiger charge is -2.26. The quantitative estimate of drug-likeness (QED) is 0.115. The molecule has 3 aromatic carbocycles. The van der Waals surface area contributed by atoms with E-state index in [2.05, 4.69) is 20.3 Å². The van der Waals surface area contributed by atoms with Gasteiger partial charge in [0.05, 0.1) is 29.1 Å². The van der Waals surface area contributed by atoms with Crippen molar-refractivity contribution in [3.63, 3.8) is 0 Å². The van der Waals surface area contributed by atoms with Gasteiger partial charge in [0.2, 0.25) is 12.2 Å². The molecule has 0 aliphatic heterocycles. The Bertz CT molecular complexity index is 1680. The molecule has 0 aliphatic rings. The van der Waals surface area contributed by atoms with Crippen molar-refractivity contribution in [2.75, 3.05) is 16.0 Å². The van der Waals surface area contributed by atoms with Crippen LogP contribution in [-0.4, -0.2) is 40.1 Å². The van der Waals surface area contributed by atoms with E-state index in [0.29, 0.717) is 12.1 Å². The number of nitrogens with zero attached hydrogens (tertiary/aromatic N) is 4. The monoisotopic (exact) mass is 589 g/mol. The van der Waals surface area contributed by atoms with Crippen LogP contribution in [0.3, 0.4) is 0 Å². The molecule has 1 atom stereocenters. The summed E-state index contributed by atoms with van der Waals surface area (Å²) in [5.41, 5.74) is 6.16. The number of hydrogen-bond acceptors (Lipinski definition) is 8. The average molecular weight is 590 g/mol. The maximum Gasteiger partial charge on any atom is 0.219 e. The van der Waals surface area contributed by atoms with Crippen LogP contribution in [-0.2, 0) is 4.79 Å². The average Bonchev–Trinajstić information content (AvgIpc) is 2.98. The standard InChI is InChI=1S/C31H30F3N7O2/c1-17(2)43-24-14-13-21(26(33)27(24)34)28(35)25-29(36)37-15-38-30(25)39-19(4)31(40-23-12-8-11-22(32)18(23)3)41(16-42)20-9-6-5-7-10-20/h5-17,19,35H,1-4H3,(H3,36,37,38,39)/b35-28?,40-31-. The lowest BCUT2D eigenvalue weighted by atomic mass is 10.0. The highest BCUT2D eigenvalue weighted by atomic mass is 19.2. The van der Waals surface area contributed by atoms with Crippen LogP contribution in [0.4, 0.5) is 36.2 Å². The number of amides is 1. The summed E-state index contributed by atoms with van der Waals surface area (Å²) in [5, 5.41) is 11.8. The van der Waals surface area contributed by atoms with E-state index in [1.807, 2.05) is 0 Å². The summed E-state index contributed by atoms with van der Waals surface area (Å²) in [7, 11) is 0. The smallest absolute Gasteiger partial charge is 0.219 e. The van der Waals surface area contributed by atoms with E-state index < -0.39 is 40.9 Å². The lowest BCUT2D eigenvalue weighted by Crippen LogP contribution is -2.41. The third-order valence-corrected chi connectivity index (χ3v) is 6.41. The molecule has 0 saturated carbocycles. The van der Waals surface area contributed by atoms with E-state index in [1.54, 1.807) is 64.1 Å². The molecule has 0 spiro atoms. The lowest BCUT2D eigenvalue weighted by molar-refractivity contribution is -0.106. The molecule has 1 heterocycles. The molecular weight excluding hydrogens is 559 g/mol. The number of rotatable bonds is 10. The van der Waals surface area contributed by atoms with Gasteiger partial charge in [-0.3, -0.25) is 15.1 Å². The molecule has 0 radical (unpaired) electrons. The predicted molar refractivity (Wildman–Crippen MR) is 161 cm³/mol. The first kappa shape index (κ1) is 30.7. The van der Waals surface area contributed by atoms with Crippen LogP contribution >= 0.6 is 0 Å². The summed E-state index contributed by atoms with van der Waals surface area (Å²) in [6, 6.07) is 14.7. The van der Waals surface area contributed by atoms with E-state index in [0.717, 1.165) is 6.33 Å². The minimum absolute atomic E-state index is 0.00473. The Morgan fingerprint density at radius 3 is 2.42 bits per heavy atom. The van der Waals surface area contributed by atoms with Gasteiger partial charge in [0.1, 0.15) is 29.6 Å². The highest BCUT2D eigenvalue weighted by Crippen LogP contribution is 2.29. The molecule has 0 aliphatic carbocycles. The number of hydrogen-bond donors (Lipinski definition) is 3. The van der Waals surface area contributed by atoms with Crippen molar-refractivity contribution in [1.29, 1.82) is 5.41 Å². The van der Waals surface area contributed by atoms with Crippen molar-refractivity contribution in [3.05, 3.63) is 101 Å². The fraction of sp³-hybridized carbons (Fsp3) is 0.194. The van der Waals surface area contributed by atoms with Crippen molar-refractivity contribution >= 4 is 41.0 Å². The summed E-state index contributed by atoms with van der Waals surface area (Å²) in [5.74, 6) is -3.35. The highest BCUT2D eigenvalue weighted by Gasteiger charge is 2.26. The van der Waals surface area contributed by atoms with Gasteiger partial charge in [-0.2, -0.15) is 4.39 Å². The highest BCUT2D eigenvalue weighted by molar-refractivity contribution is 6.17. The number of ether oxygens (including phenoxy) is 1. The topological polar surface area (TPSA) is 130 Å². The van der Waals surface area contributed by atoms with E-state index in [9.17, 15) is 13.6 Å². The van der Waals surface area contributed by atoms with Crippen molar-refractivity contribution in [2.45, 2.75) is 39.8 Å². The first-order valence-corrected chi connectivity index (χ1v) is 13.3. The summed E-state index contributed by atoms with van der Waals surface area (Å²) in [4.78, 5) is 26.5. The fourth-order valence-electron chi connectivity index (χ4n) is 4.26. The summed E-state index contributed by atoms with van der Waals surface area (Å²) in [6.07, 6.45) is 1.31. The zero-order valence-corrected chi connectivity index (χ0v) is 23.9. The molecule has 0 fully saturated rings. The molecule has 1 amide bonds. The number of carbonyl (C=O) groups is 1. The number of nitrogens with two attached hydrogens (primary N) is 1. The molecule has 9 nitrogen and oxygen atoms in total. The summed E-state index contributed by atoms with van der Waals surface area (Å²) < 4.78 is 49.7. The molecule has 4 aromatic rings. The van der Waals surface area contributed by atoms with Crippen LogP contribution in [0.1, 0.15) is 37.5 Å². The van der Waals surface area contributed by atoms with Crippen molar-refractivity contribution in [1.82, 2.24) is 9.97 Å². The molecule has 4 N–H and O–H groups in total. The van der Waals surface area contributed by atoms with E-state index in [4.69, 9.17) is 15.9 Å². The van der Waals surface area contributed by atoms with Crippen molar-refractivity contribution in [3.8, 4) is 5.75 Å². The number of nitrogen functional groups attached to an aromatic ring is 1. The van der Waals surface area contributed by atoms with E-state index in [-0.39, 0.29) is 40.0 Å².